The molecular formula is C72H110N12O17. The smallest absolute Gasteiger partial charge is 0.308 e. The Morgan fingerprint density at radius 2 is 1.10 bits per heavy atom. The number of H-pyrrole nitrogens is 1. The summed E-state index contributed by atoms with van der Waals surface area (Å²) in [6.07, 6.45) is 1.79. The van der Waals surface area contributed by atoms with E-state index in [1.807, 2.05) is 35.2 Å². The molecule has 0 saturated carbocycles. The van der Waals surface area contributed by atoms with Crippen molar-refractivity contribution < 1.29 is 81.5 Å². The number of aromatic amines is 1. The number of hydrogen-bond donors (Lipinski definition) is 6. The summed E-state index contributed by atoms with van der Waals surface area (Å²) >= 11 is 0. The molecule has 29 heteroatoms. The van der Waals surface area contributed by atoms with Crippen molar-refractivity contribution in [3.05, 3.63) is 83.4 Å². The number of carbonyl (C=O) groups is 11. The maximum Gasteiger partial charge on any atom is 0.308 e. The minimum atomic E-state index is -1.49. The number of ether oxygens (including phenoxy) is 5. The second kappa shape index (κ2) is 39.6. The Morgan fingerprint density at radius 1 is 0.604 bits per heavy atom. The minimum absolute atomic E-state index is 0.00190. The monoisotopic (exact) mass is 1410 g/mol. The molecular weight excluding hydrogens is 1300 g/mol. The number of nitrogens with zero attached hydrogens (tertiary/aromatic N) is 7. The van der Waals surface area contributed by atoms with Crippen molar-refractivity contribution in [2.45, 2.75) is 201 Å². The molecule has 101 heavy (non-hydrogen) atoms. The van der Waals surface area contributed by atoms with Gasteiger partial charge in [-0.2, -0.15) is 0 Å². The first kappa shape index (κ1) is 83.1. The van der Waals surface area contributed by atoms with Crippen LogP contribution in [0, 0.1) is 0 Å². The number of carboxylic acids is 1. The van der Waals surface area contributed by atoms with E-state index < -0.39 is 100 Å². The first-order chi connectivity index (χ1) is 47.4. The number of hydrogen-bond acceptors (Lipinski definition) is 22. The summed E-state index contributed by atoms with van der Waals surface area (Å²) in [4.78, 5) is 168. The molecule has 1 fully saturated rings. The summed E-state index contributed by atoms with van der Waals surface area (Å²) in [5, 5.41) is 21.3. The van der Waals surface area contributed by atoms with E-state index in [2.05, 4.69) is 45.9 Å². The maximum atomic E-state index is 14.5. The Morgan fingerprint density at radius 3 is 1.58 bits per heavy atom. The van der Waals surface area contributed by atoms with E-state index in [1.165, 1.54) is 12.0 Å². The largest absolute Gasteiger partial charge is 0.481 e. The van der Waals surface area contributed by atoms with Crippen LogP contribution in [0.25, 0.3) is 0 Å². The number of amides is 5. The van der Waals surface area contributed by atoms with Crippen molar-refractivity contribution in [2.24, 2.45) is 0 Å². The molecule has 3 aromatic rings. The molecule has 6 N–H and O–H groups in total. The number of aliphatic carboxylic acids is 1. The number of carbonyl (C=O) groups excluding carboxylic acids is 10. The molecule has 1 aromatic heterocycles. The highest BCUT2D eigenvalue weighted by Crippen LogP contribution is 2.28. The van der Waals surface area contributed by atoms with Crippen LogP contribution in [0.5, 0.6) is 0 Å². The lowest BCUT2D eigenvalue weighted by molar-refractivity contribution is -0.156. The Hall–Kier alpha value is -8.54. The average molecular weight is 1420 g/mol. The van der Waals surface area contributed by atoms with Crippen LogP contribution in [-0.4, -0.2) is 249 Å². The van der Waals surface area contributed by atoms with Crippen LogP contribution in [0.15, 0.2) is 60.9 Å². The van der Waals surface area contributed by atoms with Gasteiger partial charge in [0.2, 0.25) is 23.6 Å². The minimum Gasteiger partial charge on any atom is -0.481 e. The summed E-state index contributed by atoms with van der Waals surface area (Å²) in [5.41, 5.74) is -0.696. The molecule has 560 valence electrons. The first-order valence-electron chi connectivity index (χ1n) is 34.8. The number of fused-ring (bicyclic) bond motifs is 1. The third-order valence-corrected chi connectivity index (χ3v) is 16.0. The average Bonchev–Trinajstić information content (AvgIpc) is 1.71. The summed E-state index contributed by atoms with van der Waals surface area (Å²) in [6, 6.07) is 10.5. The van der Waals surface area contributed by atoms with E-state index in [0.29, 0.717) is 81.5 Å². The van der Waals surface area contributed by atoms with Gasteiger partial charge in [-0.05, 0) is 132 Å². The third-order valence-electron chi connectivity index (χ3n) is 16.0. The fourth-order valence-electron chi connectivity index (χ4n) is 11.2. The van der Waals surface area contributed by atoms with Crippen molar-refractivity contribution in [3.63, 3.8) is 0 Å². The molecule has 5 amide bonds. The van der Waals surface area contributed by atoms with Gasteiger partial charge in [-0.15, -0.1) is 0 Å². The number of anilines is 1. The third kappa shape index (κ3) is 32.8. The highest BCUT2D eigenvalue weighted by atomic mass is 16.6. The lowest BCUT2D eigenvalue weighted by Crippen LogP contribution is -2.55. The van der Waals surface area contributed by atoms with Crippen LogP contribution >= 0.6 is 0 Å². The fourth-order valence-corrected chi connectivity index (χ4v) is 11.2. The van der Waals surface area contributed by atoms with Crippen molar-refractivity contribution in [2.75, 3.05) is 104 Å². The van der Waals surface area contributed by atoms with E-state index in [0.717, 1.165) is 5.56 Å². The van der Waals surface area contributed by atoms with Gasteiger partial charge in [-0.3, -0.25) is 57.6 Å². The highest BCUT2D eigenvalue weighted by Gasteiger charge is 2.34. The molecule has 3 heterocycles. The van der Waals surface area contributed by atoms with Gasteiger partial charge in [0.05, 0.1) is 45.9 Å². The predicted octanol–water partition coefficient (Wildman–Crippen LogP) is 4.82. The van der Waals surface area contributed by atoms with Crippen LogP contribution < -0.4 is 21.3 Å². The molecule has 0 bridgehead atoms. The first-order valence-corrected chi connectivity index (χ1v) is 34.8. The molecule has 29 nitrogen and oxygen atoms in total. The number of esters is 5. The van der Waals surface area contributed by atoms with E-state index in [1.54, 1.807) is 119 Å². The van der Waals surface area contributed by atoms with Crippen LogP contribution in [0.3, 0.4) is 0 Å². The van der Waals surface area contributed by atoms with E-state index >= 15 is 0 Å². The number of aromatic nitrogens is 2. The van der Waals surface area contributed by atoms with Gasteiger partial charge >= 0.3 is 35.8 Å². The number of rotatable bonds is 32. The van der Waals surface area contributed by atoms with Crippen LogP contribution in [0.1, 0.15) is 168 Å². The molecule has 2 aromatic carbocycles. The molecule has 1 saturated heterocycles. The van der Waals surface area contributed by atoms with Crippen LogP contribution in [0.4, 0.5) is 5.69 Å². The lowest BCUT2D eigenvalue weighted by atomic mass is 10.1. The van der Waals surface area contributed by atoms with E-state index in [9.17, 15) is 57.8 Å². The zero-order valence-electron chi connectivity index (χ0n) is 61.5. The van der Waals surface area contributed by atoms with Crippen molar-refractivity contribution in [3.8, 4) is 0 Å². The molecule has 0 radical (unpaired) electrons. The lowest BCUT2D eigenvalue weighted by Gasteiger charge is -2.34. The number of benzene rings is 2. The van der Waals surface area contributed by atoms with Gasteiger partial charge < -0.3 is 79.5 Å². The van der Waals surface area contributed by atoms with Gasteiger partial charge in [-0.25, -0.2) is 4.98 Å². The second-order valence-electron chi connectivity index (χ2n) is 29.5. The molecule has 2 unspecified atom stereocenters. The van der Waals surface area contributed by atoms with Gasteiger partial charge in [-0.1, -0.05) is 30.3 Å². The molecule has 3 atom stereocenters. The van der Waals surface area contributed by atoms with Crippen molar-refractivity contribution in [1.29, 1.82) is 0 Å². The zero-order chi connectivity index (χ0) is 74.7. The number of carboxylic acid groups (broad SMARTS) is 1. The Kier molecular flexibility index (Phi) is 32.6. The van der Waals surface area contributed by atoms with Crippen LogP contribution in [0.2, 0.25) is 0 Å². The number of imidazole rings is 1. The van der Waals surface area contributed by atoms with Gasteiger partial charge in [0.25, 0.3) is 5.91 Å². The Labute approximate surface area is 594 Å². The summed E-state index contributed by atoms with van der Waals surface area (Å²) in [5.74, 6) is -6.20. The van der Waals surface area contributed by atoms with Crippen LogP contribution in [-0.2, 0) is 91.3 Å². The molecule has 2 aliphatic rings. The van der Waals surface area contributed by atoms with Crippen molar-refractivity contribution in [1.82, 2.24) is 55.3 Å². The van der Waals surface area contributed by atoms with Gasteiger partial charge in [0, 0.05) is 135 Å². The van der Waals surface area contributed by atoms with Crippen molar-refractivity contribution >= 4 is 71.0 Å². The highest BCUT2D eigenvalue weighted by molar-refractivity contribution is 5.96. The van der Waals surface area contributed by atoms with E-state index in [-0.39, 0.29) is 116 Å². The summed E-state index contributed by atoms with van der Waals surface area (Å²) < 4.78 is 27.4. The molecule has 2 aliphatic heterocycles. The SMILES string of the molecule is COC(=O)CC1Nc2ccc(C(=O)N(Cc3ccccc3)Cc3ncc[nH]3)cc2CN(CCCNC(=O)C(CCC(=O)OC(C)(C)C)NC(=O)[C@H](CCC(=O)O)NC(=O)CN2CCN(CCC(=O)OC(C)(C)C)CCN(CCC(=O)OC(C)(C)C)CCN(CCC(=O)OC(C)(C)C)CC2)C1=O. The summed E-state index contributed by atoms with van der Waals surface area (Å²) in [7, 11) is 1.21. The van der Waals surface area contributed by atoms with Gasteiger partial charge in [0.1, 0.15) is 46.4 Å². The quantitative estimate of drug-likeness (QED) is 0.0277. The summed E-state index contributed by atoms with van der Waals surface area (Å²) in [6.45, 7) is 25.4. The Balaban J connectivity index is 1.35. The number of methoxy groups -OCH3 is 1. The fraction of sp³-hybridized carbons (Fsp3) is 0.639. The topological polar surface area (TPSA) is 350 Å². The van der Waals surface area contributed by atoms with E-state index in [4.69, 9.17) is 23.7 Å². The number of nitrogens with one attached hydrogen (secondary N) is 5. The zero-order valence-corrected chi connectivity index (χ0v) is 61.5. The molecule has 0 aliphatic carbocycles. The second-order valence-corrected chi connectivity index (χ2v) is 29.5. The normalized spacial score (nSPS) is 16.3. The van der Waals surface area contributed by atoms with Gasteiger partial charge in [0.15, 0.2) is 0 Å². The predicted molar refractivity (Wildman–Crippen MR) is 375 cm³/mol. The maximum absolute atomic E-state index is 14.5. The standard InChI is InChI=1S/C72H110N12O17/c1-69(2,3)98-60(88)25-23-54(65(93)75-29-17-32-83-47-52-44-51(20-21-53(52)76-56(68(83)96)45-64(92)97-13)67(95)84(48-57-73-30-31-74-57)46-50-18-15-14-16-19-50)78-66(94)55(22-24-59(86)87)77-58(85)49-82-42-40-80(34-27-62(90)100-71(7,8)9)38-36-79(33-26-61(89)99-70(4,5)6)37-39-81(41-43-82)35-28-63(91)101-72(10,11)12/h14-16,18-21,30-31,44,54-56,76H,17,22-29,32-43,45-49H2,1-13H3,(H,73,74)(H,75,93)(H,77,85)(H,78,94)(H,86,87)/t54?,55-,56?/m0/s1. The molecule has 0 spiro atoms. The molecule has 5 rings (SSSR count). The Bertz CT molecular complexity index is 3180.